The Kier molecular flexibility index (Phi) is 8.85. The van der Waals surface area contributed by atoms with Crippen LogP contribution in [0.2, 0.25) is 0 Å². The Morgan fingerprint density at radius 2 is 2.06 bits per heavy atom. The predicted molar refractivity (Wildman–Crippen MR) is 140 cm³/mol. The molecular weight excluding hydrogens is 521 g/mol. The Bertz CT molecular complexity index is 862. The highest BCUT2D eigenvalue weighted by Crippen LogP contribution is 2.51. The third-order valence-corrected chi connectivity index (χ3v) is 7.02. The molecule has 2 aliphatic rings. The molecule has 2 N–H and O–H groups in total. The second kappa shape index (κ2) is 11.4. The van der Waals surface area contributed by atoms with E-state index in [9.17, 15) is 0 Å². The van der Waals surface area contributed by atoms with Gasteiger partial charge >= 0.3 is 0 Å². The fourth-order valence-electron chi connectivity index (χ4n) is 3.61. The summed E-state index contributed by atoms with van der Waals surface area (Å²) < 4.78 is 5.93. The summed E-state index contributed by atoms with van der Waals surface area (Å²) in [4.78, 5) is 12.6. The van der Waals surface area contributed by atoms with E-state index in [2.05, 4.69) is 74.9 Å². The Labute approximate surface area is 206 Å². The van der Waals surface area contributed by atoms with Gasteiger partial charge in [-0.25, -0.2) is 4.98 Å². The minimum Gasteiger partial charge on any atom is -0.375 e. The molecule has 168 valence electrons. The van der Waals surface area contributed by atoms with Crippen LogP contribution in [-0.2, 0) is 11.3 Å². The van der Waals surface area contributed by atoms with Crippen molar-refractivity contribution in [1.29, 1.82) is 0 Å². The van der Waals surface area contributed by atoms with Crippen LogP contribution in [0.1, 0.15) is 25.3 Å². The number of anilines is 1. The Morgan fingerprint density at radius 3 is 2.77 bits per heavy atom. The first-order valence-electron chi connectivity index (χ1n) is 10.7. The lowest BCUT2D eigenvalue weighted by Crippen LogP contribution is -2.42. The average molecular weight is 554 g/mol. The van der Waals surface area contributed by atoms with Gasteiger partial charge in [0.05, 0.1) is 12.7 Å². The Balaban J connectivity index is 0.00000272. The first kappa shape index (κ1) is 24.1. The van der Waals surface area contributed by atoms with E-state index in [0.717, 1.165) is 38.0 Å². The predicted octanol–water partition coefficient (Wildman–Crippen LogP) is 3.91. The van der Waals surface area contributed by atoms with Crippen molar-refractivity contribution in [2.45, 2.75) is 42.1 Å². The van der Waals surface area contributed by atoms with Crippen LogP contribution in [0.15, 0.2) is 58.5 Å². The summed E-state index contributed by atoms with van der Waals surface area (Å²) in [6.45, 7) is 6.26. The van der Waals surface area contributed by atoms with Crippen molar-refractivity contribution < 1.29 is 4.74 Å². The lowest BCUT2D eigenvalue weighted by molar-refractivity contribution is 0.0529. The highest BCUT2D eigenvalue weighted by atomic mass is 127. The fraction of sp³-hybridized carbons (Fsp3) is 0.478. The normalized spacial score (nSPS) is 20.0. The maximum absolute atomic E-state index is 5.64. The minimum absolute atomic E-state index is 0. The van der Waals surface area contributed by atoms with Gasteiger partial charge in [0.2, 0.25) is 0 Å². The Hall–Kier alpha value is -1.52. The molecule has 0 spiro atoms. The largest absolute Gasteiger partial charge is 0.375 e. The molecule has 1 aromatic heterocycles. The summed E-state index contributed by atoms with van der Waals surface area (Å²) in [5.41, 5.74) is 1.20. The number of nitrogens with zero attached hydrogens (tertiary/aromatic N) is 3. The number of hydrogen-bond acceptors (Lipinski definition) is 5. The average Bonchev–Trinajstić information content (AvgIpc) is 3.54. The van der Waals surface area contributed by atoms with Crippen LogP contribution in [0.5, 0.6) is 0 Å². The van der Waals surface area contributed by atoms with Crippen LogP contribution in [0.3, 0.4) is 0 Å². The van der Waals surface area contributed by atoms with Crippen molar-refractivity contribution in [3.05, 3.63) is 54.2 Å². The molecule has 1 aliphatic carbocycles. The summed E-state index contributed by atoms with van der Waals surface area (Å²) >= 11 is 1.97. The monoisotopic (exact) mass is 553 g/mol. The van der Waals surface area contributed by atoms with E-state index in [-0.39, 0.29) is 34.8 Å². The summed E-state index contributed by atoms with van der Waals surface area (Å²) in [5.74, 6) is 1.86. The van der Waals surface area contributed by atoms with E-state index in [1.165, 1.54) is 23.3 Å². The van der Waals surface area contributed by atoms with Crippen LogP contribution in [-0.4, -0.2) is 55.1 Å². The third kappa shape index (κ3) is 6.98. The molecule has 1 saturated carbocycles. The van der Waals surface area contributed by atoms with E-state index in [1.807, 2.05) is 25.0 Å². The van der Waals surface area contributed by atoms with Crippen molar-refractivity contribution in [3.8, 4) is 0 Å². The van der Waals surface area contributed by atoms with Gasteiger partial charge in [-0.15, -0.1) is 35.7 Å². The summed E-state index contributed by atoms with van der Waals surface area (Å²) in [6, 6.07) is 14.9. The number of nitrogens with one attached hydrogen (secondary N) is 2. The van der Waals surface area contributed by atoms with Gasteiger partial charge in [-0.1, -0.05) is 18.2 Å². The molecule has 1 unspecified atom stereocenters. The highest BCUT2D eigenvalue weighted by molar-refractivity contribution is 14.0. The molecule has 2 heterocycles. The van der Waals surface area contributed by atoms with E-state index in [0.29, 0.717) is 6.54 Å². The lowest BCUT2D eigenvalue weighted by Gasteiger charge is -2.32. The first-order valence-corrected chi connectivity index (χ1v) is 11.5. The maximum Gasteiger partial charge on any atom is 0.191 e. The number of thioether (sulfide) groups is 1. The topological polar surface area (TPSA) is 61.8 Å². The van der Waals surface area contributed by atoms with E-state index in [1.54, 1.807) is 0 Å². The number of halogens is 1. The zero-order chi connectivity index (χ0) is 20.8. The number of hydrogen-bond donors (Lipinski definition) is 2. The van der Waals surface area contributed by atoms with Gasteiger partial charge in [-0.3, -0.25) is 4.99 Å². The first-order chi connectivity index (χ1) is 14.7. The second-order valence-electron chi connectivity index (χ2n) is 8.03. The molecule has 6 nitrogen and oxygen atoms in total. The van der Waals surface area contributed by atoms with E-state index >= 15 is 0 Å². The van der Waals surface area contributed by atoms with Gasteiger partial charge < -0.3 is 20.3 Å². The Morgan fingerprint density at radius 1 is 1.26 bits per heavy atom. The number of guanidine groups is 1. The number of aromatic nitrogens is 1. The molecular formula is C23H32IN5OS. The van der Waals surface area contributed by atoms with Crippen molar-refractivity contribution in [2.75, 3.05) is 38.2 Å². The molecule has 2 aromatic rings. The summed E-state index contributed by atoms with van der Waals surface area (Å²) in [6.07, 6.45) is 4.61. The van der Waals surface area contributed by atoms with Crippen molar-refractivity contribution in [3.63, 3.8) is 0 Å². The van der Waals surface area contributed by atoms with Crippen LogP contribution in [0.4, 0.5) is 5.82 Å². The zero-order valence-electron chi connectivity index (χ0n) is 18.2. The number of benzene rings is 1. The van der Waals surface area contributed by atoms with Gasteiger partial charge in [0, 0.05) is 49.1 Å². The highest BCUT2D eigenvalue weighted by Gasteiger charge is 2.43. The van der Waals surface area contributed by atoms with Crippen LogP contribution in [0.25, 0.3) is 0 Å². The molecule has 8 heteroatoms. The molecule has 1 saturated heterocycles. The van der Waals surface area contributed by atoms with Gasteiger partial charge in [0.1, 0.15) is 5.82 Å². The number of aliphatic imine (C=N–C) groups is 1. The third-order valence-electron chi connectivity index (χ3n) is 5.52. The van der Waals surface area contributed by atoms with Crippen molar-refractivity contribution in [1.82, 2.24) is 15.6 Å². The molecule has 1 atom stereocenters. The molecule has 0 radical (unpaired) electrons. The standard InChI is InChI=1S/C23H31N5OS.HI/c1-18-16-28(12-13-29-18)21-14-19(8-11-25-21)15-26-22(24-2)27-17-23(9-10-23)30-20-6-4-3-5-7-20;/h3-8,11,14,18H,9-10,12-13,15-17H2,1-2H3,(H2,24,26,27);1H. The molecule has 0 bridgehead atoms. The van der Waals surface area contributed by atoms with Gasteiger partial charge in [-0.2, -0.15) is 0 Å². The molecule has 4 rings (SSSR count). The number of pyridine rings is 1. The van der Waals surface area contributed by atoms with Gasteiger partial charge in [0.15, 0.2) is 5.96 Å². The van der Waals surface area contributed by atoms with Crippen molar-refractivity contribution >= 4 is 47.5 Å². The molecule has 2 fully saturated rings. The molecule has 1 aliphatic heterocycles. The van der Waals surface area contributed by atoms with E-state index in [4.69, 9.17) is 4.74 Å². The number of rotatable bonds is 7. The molecule has 0 amide bonds. The van der Waals surface area contributed by atoms with Gasteiger partial charge in [-0.05, 0) is 49.6 Å². The second-order valence-corrected chi connectivity index (χ2v) is 9.57. The summed E-state index contributed by atoms with van der Waals surface area (Å²) in [5, 5.41) is 6.97. The molecule has 1 aromatic carbocycles. The SMILES string of the molecule is CN=C(NCc1ccnc(N2CCOC(C)C2)c1)NCC1(Sc2ccccc2)CC1.I. The summed E-state index contributed by atoms with van der Waals surface area (Å²) in [7, 11) is 1.83. The van der Waals surface area contributed by atoms with Crippen LogP contribution in [0, 0.1) is 0 Å². The minimum atomic E-state index is 0. The number of morpholine rings is 1. The zero-order valence-corrected chi connectivity index (χ0v) is 21.4. The number of ether oxygens (including phenoxy) is 1. The molecule has 31 heavy (non-hydrogen) atoms. The quantitative estimate of drug-likeness (QED) is 0.308. The maximum atomic E-state index is 5.64. The fourth-order valence-corrected chi connectivity index (χ4v) is 4.86. The smallest absolute Gasteiger partial charge is 0.191 e. The van der Waals surface area contributed by atoms with Crippen LogP contribution < -0.4 is 15.5 Å². The lowest BCUT2D eigenvalue weighted by atomic mass is 10.2. The van der Waals surface area contributed by atoms with Crippen molar-refractivity contribution in [2.24, 2.45) is 4.99 Å². The van der Waals surface area contributed by atoms with E-state index < -0.39 is 0 Å². The van der Waals surface area contributed by atoms with Gasteiger partial charge in [0.25, 0.3) is 0 Å². The van der Waals surface area contributed by atoms with Crippen LogP contribution >= 0.6 is 35.7 Å².